The monoisotopic (exact) mass is 463 g/mol. The lowest BCUT2D eigenvalue weighted by atomic mass is 10.1. The lowest BCUT2D eigenvalue weighted by Crippen LogP contribution is -2.24. The van der Waals surface area contributed by atoms with Crippen molar-refractivity contribution in [2.75, 3.05) is 19.4 Å². The SMILES string of the molecule is Cc1cc(S(=O)(=O)N(C)C)cc(NC(=O)Cn2c3ccccc3c(=O)c3ccccc32)c1C. The molecule has 7 nitrogen and oxygen atoms in total. The van der Waals surface area contributed by atoms with Crippen molar-refractivity contribution in [1.29, 1.82) is 0 Å². The van der Waals surface area contributed by atoms with E-state index in [0.29, 0.717) is 27.5 Å². The maximum absolute atomic E-state index is 13.1. The van der Waals surface area contributed by atoms with Crippen LogP contribution in [0.5, 0.6) is 0 Å². The van der Waals surface area contributed by atoms with E-state index in [9.17, 15) is 18.0 Å². The number of anilines is 1. The van der Waals surface area contributed by atoms with Gasteiger partial charge in [-0.15, -0.1) is 0 Å². The molecule has 0 saturated carbocycles. The number of benzene rings is 3. The molecule has 0 aliphatic carbocycles. The summed E-state index contributed by atoms with van der Waals surface area (Å²) >= 11 is 0. The van der Waals surface area contributed by atoms with E-state index >= 15 is 0 Å². The van der Waals surface area contributed by atoms with Crippen LogP contribution < -0.4 is 10.7 Å². The summed E-state index contributed by atoms with van der Waals surface area (Å²) in [5.74, 6) is -0.323. The summed E-state index contributed by atoms with van der Waals surface area (Å²) < 4.78 is 28.2. The zero-order chi connectivity index (χ0) is 23.9. The van der Waals surface area contributed by atoms with Crippen LogP contribution in [-0.4, -0.2) is 37.3 Å². The molecule has 0 atom stereocenters. The lowest BCUT2D eigenvalue weighted by Gasteiger charge is -2.18. The molecule has 1 N–H and O–H groups in total. The van der Waals surface area contributed by atoms with Crippen molar-refractivity contribution in [1.82, 2.24) is 8.87 Å². The molecule has 0 saturated heterocycles. The number of fused-ring (bicyclic) bond motifs is 2. The number of sulfonamides is 1. The van der Waals surface area contributed by atoms with E-state index in [4.69, 9.17) is 0 Å². The van der Waals surface area contributed by atoms with Gasteiger partial charge in [0.1, 0.15) is 6.54 Å². The standard InChI is InChI=1S/C25H25N3O4S/c1-16-13-18(33(31,32)27(3)4)14-21(17(16)2)26-24(29)15-28-22-11-7-5-9-19(22)25(30)20-10-6-8-12-23(20)28/h5-14H,15H2,1-4H3,(H,26,29). The van der Waals surface area contributed by atoms with Gasteiger partial charge >= 0.3 is 0 Å². The van der Waals surface area contributed by atoms with Crippen LogP contribution in [0.3, 0.4) is 0 Å². The Bertz CT molecular complexity index is 1510. The van der Waals surface area contributed by atoms with E-state index < -0.39 is 10.0 Å². The number of nitrogens with one attached hydrogen (secondary N) is 1. The molecule has 1 heterocycles. The zero-order valence-electron chi connectivity index (χ0n) is 18.9. The number of pyridine rings is 1. The molecule has 0 aliphatic rings. The van der Waals surface area contributed by atoms with Crippen molar-refractivity contribution in [2.45, 2.75) is 25.3 Å². The Morgan fingerprint density at radius 1 is 0.939 bits per heavy atom. The summed E-state index contributed by atoms with van der Waals surface area (Å²) in [6.07, 6.45) is 0. The molecule has 0 fully saturated rings. The topological polar surface area (TPSA) is 88.5 Å². The normalized spacial score (nSPS) is 11.9. The van der Waals surface area contributed by atoms with Crippen molar-refractivity contribution in [3.05, 3.63) is 82.0 Å². The summed E-state index contributed by atoms with van der Waals surface area (Å²) in [5, 5.41) is 3.95. The molecule has 1 aromatic heterocycles. The van der Waals surface area contributed by atoms with Crippen LogP contribution >= 0.6 is 0 Å². The second-order valence-corrected chi connectivity index (χ2v) is 10.3. The number of hydrogen-bond acceptors (Lipinski definition) is 4. The van der Waals surface area contributed by atoms with E-state index in [2.05, 4.69) is 5.32 Å². The molecule has 0 radical (unpaired) electrons. The van der Waals surface area contributed by atoms with E-state index in [0.717, 1.165) is 15.4 Å². The van der Waals surface area contributed by atoms with Crippen LogP contribution in [0, 0.1) is 13.8 Å². The van der Waals surface area contributed by atoms with Gasteiger partial charge in [-0.05, 0) is 61.4 Å². The molecular formula is C25H25N3O4S. The number of carbonyl (C=O) groups excluding carboxylic acids is 1. The molecule has 3 aromatic carbocycles. The van der Waals surface area contributed by atoms with Crippen molar-refractivity contribution >= 4 is 43.4 Å². The molecule has 1 amide bonds. The Morgan fingerprint density at radius 2 is 1.48 bits per heavy atom. The first-order valence-electron chi connectivity index (χ1n) is 10.4. The Balaban J connectivity index is 1.77. The van der Waals surface area contributed by atoms with Crippen LogP contribution in [-0.2, 0) is 21.4 Å². The van der Waals surface area contributed by atoms with Gasteiger partial charge in [0, 0.05) is 30.6 Å². The number of amides is 1. The van der Waals surface area contributed by atoms with Gasteiger partial charge in [-0.1, -0.05) is 24.3 Å². The number of hydrogen-bond donors (Lipinski definition) is 1. The number of rotatable bonds is 5. The fourth-order valence-electron chi connectivity index (χ4n) is 3.90. The largest absolute Gasteiger partial charge is 0.331 e. The van der Waals surface area contributed by atoms with Crippen molar-refractivity contribution in [3.63, 3.8) is 0 Å². The maximum atomic E-state index is 13.1. The Labute approximate surface area is 192 Å². The van der Waals surface area contributed by atoms with Gasteiger partial charge < -0.3 is 9.88 Å². The molecule has 8 heteroatoms. The minimum absolute atomic E-state index is 0.0372. The van der Waals surface area contributed by atoms with Gasteiger partial charge in [0.05, 0.1) is 15.9 Å². The highest BCUT2D eigenvalue weighted by molar-refractivity contribution is 7.89. The van der Waals surface area contributed by atoms with Crippen LogP contribution in [0.15, 0.2) is 70.4 Å². The number of carbonyl (C=O) groups is 1. The average Bonchev–Trinajstić information content (AvgIpc) is 2.79. The average molecular weight is 464 g/mol. The molecular weight excluding hydrogens is 438 g/mol. The third-order valence-electron chi connectivity index (χ3n) is 5.87. The third kappa shape index (κ3) is 4.03. The minimum atomic E-state index is -3.65. The van der Waals surface area contributed by atoms with Gasteiger partial charge in [-0.3, -0.25) is 9.59 Å². The summed E-state index contributed by atoms with van der Waals surface area (Å²) in [4.78, 5) is 26.2. The van der Waals surface area contributed by atoms with Crippen molar-refractivity contribution in [3.8, 4) is 0 Å². The van der Waals surface area contributed by atoms with E-state index in [1.165, 1.54) is 20.2 Å². The van der Waals surface area contributed by atoms with Crippen molar-refractivity contribution < 1.29 is 13.2 Å². The summed E-state index contributed by atoms with van der Waals surface area (Å²) in [7, 11) is -0.718. The Morgan fingerprint density at radius 3 is 2.03 bits per heavy atom. The molecule has 4 rings (SSSR count). The van der Waals surface area contributed by atoms with Gasteiger partial charge in [-0.25, -0.2) is 12.7 Å². The molecule has 0 bridgehead atoms. The second-order valence-electron chi connectivity index (χ2n) is 8.20. The van der Waals surface area contributed by atoms with Crippen LogP contribution in [0.25, 0.3) is 21.8 Å². The molecule has 0 spiro atoms. The first-order valence-corrected chi connectivity index (χ1v) is 11.9. The summed E-state index contributed by atoms with van der Waals surface area (Å²) in [6, 6.07) is 17.5. The van der Waals surface area contributed by atoms with Crippen LogP contribution in [0.2, 0.25) is 0 Å². The predicted octanol–water partition coefficient (Wildman–Crippen LogP) is 3.66. The second kappa shape index (κ2) is 8.46. The highest BCUT2D eigenvalue weighted by atomic mass is 32.2. The molecule has 0 aliphatic heterocycles. The molecule has 0 unspecified atom stereocenters. The Kier molecular flexibility index (Phi) is 5.82. The quantitative estimate of drug-likeness (QED) is 0.458. The van der Waals surface area contributed by atoms with Gasteiger partial charge in [-0.2, -0.15) is 0 Å². The zero-order valence-corrected chi connectivity index (χ0v) is 19.7. The van der Waals surface area contributed by atoms with E-state index in [-0.39, 0.29) is 22.8 Å². The highest BCUT2D eigenvalue weighted by Crippen LogP contribution is 2.26. The molecule has 33 heavy (non-hydrogen) atoms. The fraction of sp³-hybridized carbons (Fsp3) is 0.200. The summed E-state index contributed by atoms with van der Waals surface area (Å²) in [5.41, 5.74) is 3.23. The van der Waals surface area contributed by atoms with Gasteiger partial charge in [0.25, 0.3) is 0 Å². The minimum Gasteiger partial charge on any atom is -0.331 e. The van der Waals surface area contributed by atoms with Gasteiger partial charge in [0.15, 0.2) is 5.43 Å². The van der Waals surface area contributed by atoms with Crippen LogP contribution in [0.4, 0.5) is 5.69 Å². The van der Waals surface area contributed by atoms with Crippen LogP contribution in [0.1, 0.15) is 11.1 Å². The third-order valence-corrected chi connectivity index (χ3v) is 7.67. The number of para-hydroxylation sites is 2. The highest BCUT2D eigenvalue weighted by Gasteiger charge is 2.20. The first kappa shape index (κ1) is 22.7. The number of nitrogens with zero attached hydrogens (tertiary/aromatic N) is 2. The smallest absolute Gasteiger partial charge is 0.244 e. The van der Waals surface area contributed by atoms with Gasteiger partial charge in [0.2, 0.25) is 15.9 Å². The molecule has 170 valence electrons. The lowest BCUT2D eigenvalue weighted by molar-refractivity contribution is -0.116. The fourth-order valence-corrected chi connectivity index (χ4v) is 4.91. The van der Waals surface area contributed by atoms with Crippen molar-refractivity contribution in [2.24, 2.45) is 0 Å². The number of aromatic nitrogens is 1. The molecule has 4 aromatic rings. The van der Waals surface area contributed by atoms with E-state index in [1.54, 1.807) is 30.3 Å². The Hall–Kier alpha value is -3.49. The summed E-state index contributed by atoms with van der Waals surface area (Å²) in [6.45, 7) is 3.61. The van der Waals surface area contributed by atoms with E-state index in [1.807, 2.05) is 42.7 Å². The maximum Gasteiger partial charge on any atom is 0.244 e. The predicted molar refractivity (Wildman–Crippen MR) is 131 cm³/mol. The number of aryl methyl sites for hydroxylation is 1. The first-order chi connectivity index (χ1) is 15.6.